The van der Waals surface area contributed by atoms with Crippen molar-refractivity contribution in [2.45, 2.75) is 19.3 Å². The van der Waals surface area contributed by atoms with Crippen molar-refractivity contribution in [2.75, 3.05) is 13.1 Å². The van der Waals surface area contributed by atoms with Gasteiger partial charge in [-0.05, 0) is 18.4 Å². The topological polar surface area (TPSA) is 55.6 Å². The molecule has 1 fully saturated rings. The Morgan fingerprint density at radius 1 is 1.30 bits per heavy atom. The molecule has 0 saturated carbocycles. The summed E-state index contributed by atoms with van der Waals surface area (Å²) in [6.07, 6.45) is 3.38. The van der Waals surface area contributed by atoms with Crippen LogP contribution >= 0.6 is 0 Å². The maximum atomic E-state index is 10.0. The van der Waals surface area contributed by atoms with Crippen LogP contribution in [0.4, 0.5) is 0 Å². The molecule has 0 unspecified atom stereocenters. The standard InChI is InChI=1S/C5H12N3O2/c9-8(10)6-7-4-2-1-3-5-7/h6H,1-5H2,(H,9,10)/q+1. The van der Waals surface area contributed by atoms with Crippen LogP contribution in [0, 0.1) is 4.91 Å². The molecule has 0 bridgehead atoms. The summed E-state index contributed by atoms with van der Waals surface area (Å²) in [6.45, 7) is 1.67. The smallest absolute Gasteiger partial charge is 0.218 e. The number of hydrogen-bond donors (Lipinski definition) is 2. The van der Waals surface area contributed by atoms with Crippen molar-refractivity contribution >= 4 is 0 Å². The predicted molar refractivity (Wildman–Crippen MR) is 34.0 cm³/mol. The van der Waals surface area contributed by atoms with E-state index in [9.17, 15) is 4.91 Å². The monoisotopic (exact) mass is 146 g/mol. The Bertz CT molecular complexity index is 122. The molecule has 1 aliphatic heterocycles. The van der Waals surface area contributed by atoms with E-state index in [1.165, 1.54) is 6.42 Å². The van der Waals surface area contributed by atoms with Crippen LogP contribution in [0.3, 0.4) is 0 Å². The second kappa shape index (κ2) is 3.36. The lowest BCUT2D eigenvalue weighted by atomic mass is 10.2. The molecule has 0 amide bonds. The van der Waals surface area contributed by atoms with Crippen LogP contribution in [0.15, 0.2) is 0 Å². The summed E-state index contributed by atoms with van der Waals surface area (Å²) >= 11 is 0. The van der Waals surface area contributed by atoms with Gasteiger partial charge in [-0.3, -0.25) is 0 Å². The third-order valence-electron chi connectivity index (χ3n) is 1.58. The quantitative estimate of drug-likeness (QED) is 0.541. The van der Waals surface area contributed by atoms with Crippen LogP contribution in [0.25, 0.3) is 0 Å². The molecule has 0 atom stereocenters. The summed E-state index contributed by atoms with van der Waals surface area (Å²) in [6, 6.07) is 0. The number of rotatable bonds is 2. The molecule has 0 spiro atoms. The van der Waals surface area contributed by atoms with Gasteiger partial charge < -0.3 is 0 Å². The zero-order chi connectivity index (χ0) is 7.40. The molecule has 58 valence electrons. The van der Waals surface area contributed by atoms with Gasteiger partial charge in [-0.2, -0.15) is 5.01 Å². The third-order valence-corrected chi connectivity index (χ3v) is 1.58. The molecule has 0 radical (unpaired) electrons. The Labute approximate surface area is 59.1 Å². The van der Waals surface area contributed by atoms with Gasteiger partial charge in [0.15, 0.2) is 0 Å². The van der Waals surface area contributed by atoms with E-state index in [1.54, 1.807) is 5.01 Å². The van der Waals surface area contributed by atoms with Crippen LogP contribution in [0.5, 0.6) is 0 Å². The first-order chi connectivity index (χ1) is 4.79. The molecule has 0 aromatic heterocycles. The average Bonchev–Trinajstić information content (AvgIpc) is 1.88. The average molecular weight is 146 g/mol. The van der Waals surface area contributed by atoms with Crippen molar-refractivity contribution in [3.63, 3.8) is 0 Å². The van der Waals surface area contributed by atoms with Gasteiger partial charge in [0.25, 0.3) is 0 Å². The largest absolute Gasteiger partial charge is 0.370 e. The van der Waals surface area contributed by atoms with E-state index in [0.29, 0.717) is 0 Å². The van der Waals surface area contributed by atoms with E-state index in [-0.39, 0.29) is 5.03 Å². The number of hydrogen-bond acceptors (Lipinski definition) is 2. The van der Waals surface area contributed by atoms with Gasteiger partial charge in [0, 0.05) is 13.1 Å². The summed E-state index contributed by atoms with van der Waals surface area (Å²) in [5.74, 6) is 0. The molecule has 10 heavy (non-hydrogen) atoms. The highest BCUT2D eigenvalue weighted by Gasteiger charge is 2.15. The van der Waals surface area contributed by atoms with Crippen molar-refractivity contribution in [1.82, 2.24) is 10.5 Å². The highest BCUT2D eigenvalue weighted by Crippen LogP contribution is 2.04. The molecule has 0 aliphatic carbocycles. The lowest BCUT2D eigenvalue weighted by molar-refractivity contribution is -0.849. The van der Waals surface area contributed by atoms with E-state index in [2.05, 4.69) is 5.53 Å². The van der Waals surface area contributed by atoms with Crippen LogP contribution in [0.1, 0.15) is 19.3 Å². The summed E-state index contributed by atoms with van der Waals surface area (Å²) < 4.78 is 0. The van der Waals surface area contributed by atoms with Crippen molar-refractivity contribution in [3.05, 3.63) is 4.91 Å². The van der Waals surface area contributed by atoms with Gasteiger partial charge in [-0.15, -0.1) is 0 Å². The predicted octanol–water partition coefficient (Wildman–Crippen LogP) is 0.0600. The van der Waals surface area contributed by atoms with Crippen molar-refractivity contribution < 1.29 is 10.2 Å². The van der Waals surface area contributed by atoms with Gasteiger partial charge in [-0.1, -0.05) is 6.42 Å². The van der Waals surface area contributed by atoms with Crippen molar-refractivity contribution in [1.29, 1.82) is 0 Å². The molecule has 1 saturated heterocycles. The molecule has 1 rings (SSSR count). The maximum Gasteiger partial charge on any atom is 0.370 e. The van der Waals surface area contributed by atoms with E-state index in [0.717, 1.165) is 25.9 Å². The van der Waals surface area contributed by atoms with Crippen molar-refractivity contribution in [3.8, 4) is 0 Å². The molecule has 0 aromatic rings. The molecular weight excluding hydrogens is 134 g/mol. The first-order valence-corrected chi connectivity index (χ1v) is 3.46. The summed E-state index contributed by atoms with van der Waals surface area (Å²) in [5, 5.41) is 9.68. The minimum Gasteiger partial charge on any atom is -0.218 e. The lowest BCUT2D eigenvalue weighted by Gasteiger charge is -2.20. The Hall–Kier alpha value is -0.840. The first kappa shape index (κ1) is 7.27. The fourth-order valence-corrected chi connectivity index (χ4v) is 1.11. The second-order valence-corrected chi connectivity index (χ2v) is 2.42. The SMILES string of the molecule is O=[N+](O)NN1CCCCC1. The summed E-state index contributed by atoms with van der Waals surface area (Å²) in [7, 11) is 0. The molecule has 5 heteroatoms. The molecule has 0 aromatic carbocycles. The third kappa shape index (κ3) is 2.18. The minimum atomic E-state index is -0.259. The van der Waals surface area contributed by atoms with Gasteiger partial charge in [-0.25, -0.2) is 5.21 Å². The Morgan fingerprint density at radius 2 is 1.90 bits per heavy atom. The Balaban J connectivity index is 2.19. The molecule has 1 aliphatic rings. The number of nitrogens with one attached hydrogen (secondary N) is 1. The molecule has 1 heterocycles. The van der Waals surface area contributed by atoms with Gasteiger partial charge in [0.05, 0.1) is 0 Å². The minimum absolute atomic E-state index is 0.259. The van der Waals surface area contributed by atoms with Gasteiger partial charge in [0.1, 0.15) is 4.91 Å². The van der Waals surface area contributed by atoms with E-state index < -0.39 is 0 Å². The molecular formula is C5H12N3O2+. The van der Waals surface area contributed by atoms with Crippen LogP contribution < -0.4 is 5.53 Å². The van der Waals surface area contributed by atoms with E-state index in [1.807, 2.05) is 0 Å². The lowest BCUT2D eigenvalue weighted by Crippen LogP contribution is -2.45. The zero-order valence-electron chi connectivity index (χ0n) is 5.79. The first-order valence-electron chi connectivity index (χ1n) is 3.46. The van der Waals surface area contributed by atoms with Gasteiger partial charge >= 0.3 is 5.03 Å². The van der Waals surface area contributed by atoms with Crippen LogP contribution in [0.2, 0.25) is 0 Å². The number of nitrogens with zero attached hydrogens (tertiary/aromatic N) is 2. The number of piperidine rings is 1. The second-order valence-electron chi connectivity index (χ2n) is 2.42. The van der Waals surface area contributed by atoms with Gasteiger partial charge in [0.2, 0.25) is 0 Å². The fourth-order valence-electron chi connectivity index (χ4n) is 1.11. The Morgan fingerprint density at radius 3 is 2.40 bits per heavy atom. The Kier molecular flexibility index (Phi) is 2.44. The highest BCUT2D eigenvalue weighted by atomic mass is 16.7. The van der Waals surface area contributed by atoms with E-state index in [4.69, 9.17) is 5.21 Å². The molecule has 5 nitrogen and oxygen atoms in total. The van der Waals surface area contributed by atoms with Crippen LogP contribution in [-0.2, 0) is 0 Å². The normalized spacial score (nSPS) is 20.4. The summed E-state index contributed by atoms with van der Waals surface area (Å²) in [4.78, 5) is 10.0. The highest BCUT2D eigenvalue weighted by molar-refractivity contribution is 4.57. The summed E-state index contributed by atoms with van der Waals surface area (Å²) in [5.41, 5.74) is 2.25. The maximum absolute atomic E-state index is 10.0. The van der Waals surface area contributed by atoms with Crippen LogP contribution in [-0.4, -0.2) is 28.3 Å². The molecule has 2 N–H and O–H groups in total. The van der Waals surface area contributed by atoms with Crippen molar-refractivity contribution in [2.24, 2.45) is 0 Å². The zero-order valence-corrected chi connectivity index (χ0v) is 5.79. The van der Waals surface area contributed by atoms with E-state index >= 15 is 0 Å². The number of hydrazine groups is 2. The fraction of sp³-hybridized carbons (Fsp3) is 1.00.